The lowest BCUT2D eigenvalue weighted by Crippen LogP contribution is -2.42. The van der Waals surface area contributed by atoms with E-state index < -0.39 is 0 Å². The molecule has 88 valence electrons. The van der Waals surface area contributed by atoms with Gasteiger partial charge in [0.15, 0.2) is 0 Å². The van der Waals surface area contributed by atoms with Crippen LogP contribution in [0.2, 0.25) is 0 Å². The molecular weight excluding hydrogens is 224 g/mol. The summed E-state index contributed by atoms with van der Waals surface area (Å²) in [4.78, 5) is 8.28. The SMILES string of the molecule is CSc1cc(NCC2CNCCO2)ncn1. The molecule has 0 aromatic carbocycles. The number of thioether (sulfide) groups is 1. The van der Waals surface area contributed by atoms with E-state index in [1.165, 1.54) is 0 Å². The van der Waals surface area contributed by atoms with Crippen LogP contribution in [0.15, 0.2) is 17.4 Å². The van der Waals surface area contributed by atoms with Crippen molar-refractivity contribution >= 4 is 17.6 Å². The topological polar surface area (TPSA) is 59.1 Å². The van der Waals surface area contributed by atoms with E-state index in [4.69, 9.17) is 4.74 Å². The molecule has 0 bridgehead atoms. The Labute approximate surface area is 99.4 Å². The predicted octanol–water partition coefficient (Wildman–Crippen LogP) is 0.599. The molecule has 1 unspecified atom stereocenters. The van der Waals surface area contributed by atoms with Gasteiger partial charge in [0, 0.05) is 25.7 Å². The van der Waals surface area contributed by atoms with Crippen molar-refractivity contribution in [2.24, 2.45) is 0 Å². The van der Waals surface area contributed by atoms with E-state index in [-0.39, 0.29) is 6.10 Å². The number of hydrogen-bond donors (Lipinski definition) is 2. The molecule has 2 N–H and O–H groups in total. The third kappa shape index (κ3) is 3.33. The van der Waals surface area contributed by atoms with Crippen molar-refractivity contribution in [1.82, 2.24) is 15.3 Å². The van der Waals surface area contributed by atoms with E-state index in [9.17, 15) is 0 Å². The van der Waals surface area contributed by atoms with Crippen LogP contribution >= 0.6 is 11.8 Å². The van der Waals surface area contributed by atoms with E-state index in [0.29, 0.717) is 0 Å². The Bertz CT molecular complexity index is 330. The van der Waals surface area contributed by atoms with Crippen LogP contribution < -0.4 is 10.6 Å². The van der Waals surface area contributed by atoms with Gasteiger partial charge in [0.25, 0.3) is 0 Å². The van der Waals surface area contributed by atoms with Crippen molar-refractivity contribution in [2.75, 3.05) is 37.8 Å². The zero-order valence-corrected chi connectivity index (χ0v) is 10.1. The largest absolute Gasteiger partial charge is 0.374 e. The molecule has 0 amide bonds. The molecule has 16 heavy (non-hydrogen) atoms. The number of aromatic nitrogens is 2. The molecule has 1 aliphatic rings. The predicted molar refractivity (Wildman–Crippen MR) is 64.9 cm³/mol. The maximum absolute atomic E-state index is 5.58. The second kappa shape index (κ2) is 6.03. The first kappa shape index (κ1) is 11.6. The first-order valence-corrected chi connectivity index (χ1v) is 6.53. The minimum absolute atomic E-state index is 0.224. The highest BCUT2D eigenvalue weighted by Gasteiger charge is 2.12. The van der Waals surface area contributed by atoms with E-state index >= 15 is 0 Å². The summed E-state index contributed by atoms with van der Waals surface area (Å²) in [5.41, 5.74) is 0. The minimum atomic E-state index is 0.224. The molecule has 6 heteroatoms. The van der Waals surface area contributed by atoms with Crippen LogP contribution in [0.1, 0.15) is 0 Å². The Hall–Kier alpha value is -0.850. The number of nitrogens with zero attached hydrogens (tertiary/aromatic N) is 2. The number of rotatable bonds is 4. The molecule has 1 aromatic rings. The zero-order valence-electron chi connectivity index (χ0n) is 9.27. The highest BCUT2D eigenvalue weighted by molar-refractivity contribution is 7.98. The summed E-state index contributed by atoms with van der Waals surface area (Å²) in [6, 6.07) is 1.95. The number of ether oxygens (including phenoxy) is 1. The van der Waals surface area contributed by atoms with Crippen molar-refractivity contribution in [3.63, 3.8) is 0 Å². The van der Waals surface area contributed by atoms with Crippen LogP contribution in [0, 0.1) is 0 Å². The van der Waals surface area contributed by atoms with Gasteiger partial charge in [0.1, 0.15) is 17.2 Å². The smallest absolute Gasteiger partial charge is 0.130 e. The van der Waals surface area contributed by atoms with E-state index in [1.807, 2.05) is 12.3 Å². The fourth-order valence-corrected chi connectivity index (χ4v) is 1.90. The van der Waals surface area contributed by atoms with Gasteiger partial charge in [-0.2, -0.15) is 0 Å². The molecule has 0 saturated carbocycles. The lowest BCUT2D eigenvalue weighted by molar-refractivity contribution is 0.0372. The summed E-state index contributed by atoms with van der Waals surface area (Å²) in [5.74, 6) is 0.855. The van der Waals surface area contributed by atoms with E-state index in [0.717, 1.165) is 37.1 Å². The van der Waals surface area contributed by atoms with E-state index in [2.05, 4.69) is 20.6 Å². The van der Waals surface area contributed by atoms with Crippen molar-refractivity contribution in [3.05, 3.63) is 12.4 Å². The van der Waals surface area contributed by atoms with Crippen LogP contribution in [0.4, 0.5) is 5.82 Å². The van der Waals surface area contributed by atoms with Gasteiger partial charge >= 0.3 is 0 Å². The van der Waals surface area contributed by atoms with Crippen molar-refractivity contribution in [1.29, 1.82) is 0 Å². The Morgan fingerprint density at radius 2 is 2.56 bits per heavy atom. The normalized spacial score (nSPS) is 20.7. The molecule has 1 fully saturated rings. The summed E-state index contributed by atoms with van der Waals surface area (Å²) in [6.07, 6.45) is 3.80. The molecule has 5 nitrogen and oxygen atoms in total. The highest BCUT2D eigenvalue weighted by Crippen LogP contribution is 2.13. The molecule has 0 spiro atoms. The first-order valence-electron chi connectivity index (χ1n) is 5.30. The number of anilines is 1. The summed E-state index contributed by atoms with van der Waals surface area (Å²) in [7, 11) is 0. The van der Waals surface area contributed by atoms with Crippen molar-refractivity contribution < 1.29 is 4.74 Å². The average Bonchev–Trinajstić information content (AvgIpc) is 2.38. The third-order valence-electron chi connectivity index (χ3n) is 2.37. The zero-order chi connectivity index (χ0) is 11.2. The summed E-state index contributed by atoms with van der Waals surface area (Å²) >= 11 is 1.61. The fraction of sp³-hybridized carbons (Fsp3) is 0.600. The van der Waals surface area contributed by atoms with E-state index in [1.54, 1.807) is 18.1 Å². The minimum Gasteiger partial charge on any atom is -0.374 e. The van der Waals surface area contributed by atoms with Crippen LogP contribution in [-0.2, 0) is 4.74 Å². The Morgan fingerprint density at radius 3 is 3.31 bits per heavy atom. The lowest BCUT2D eigenvalue weighted by atomic mass is 10.3. The quantitative estimate of drug-likeness (QED) is 0.593. The highest BCUT2D eigenvalue weighted by atomic mass is 32.2. The van der Waals surface area contributed by atoms with Gasteiger partial charge in [0.05, 0.1) is 12.7 Å². The van der Waals surface area contributed by atoms with Gasteiger partial charge < -0.3 is 15.4 Å². The van der Waals surface area contributed by atoms with Crippen LogP contribution in [0.25, 0.3) is 0 Å². The van der Waals surface area contributed by atoms with Gasteiger partial charge in [-0.15, -0.1) is 11.8 Å². The fourth-order valence-electron chi connectivity index (χ4n) is 1.52. The Balaban J connectivity index is 1.83. The van der Waals surface area contributed by atoms with Crippen LogP contribution in [-0.4, -0.2) is 48.6 Å². The monoisotopic (exact) mass is 240 g/mol. The standard InChI is InChI=1S/C10H16N4OS/c1-16-10-4-9(13-7-14-10)12-6-8-5-11-2-3-15-8/h4,7-8,11H,2-3,5-6H2,1H3,(H,12,13,14). The molecule has 1 aliphatic heterocycles. The summed E-state index contributed by atoms with van der Waals surface area (Å²) in [5, 5.41) is 7.52. The second-order valence-electron chi connectivity index (χ2n) is 3.52. The first-order chi connectivity index (χ1) is 7.88. The summed E-state index contributed by atoms with van der Waals surface area (Å²) in [6.45, 7) is 3.40. The maximum atomic E-state index is 5.58. The van der Waals surface area contributed by atoms with Gasteiger partial charge in [-0.3, -0.25) is 0 Å². The Morgan fingerprint density at radius 1 is 1.62 bits per heavy atom. The van der Waals surface area contributed by atoms with Crippen molar-refractivity contribution in [3.8, 4) is 0 Å². The average molecular weight is 240 g/mol. The molecule has 0 radical (unpaired) electrons. The molecular formula is C10H16N4OS. The summed E-state index contributed by atoms with van der Waals surface area (Å²) < 4.78 is 5.58. The molecule has 1 atom stereocenters. The van der Waals surface area contributed by atoms with Crippen molar-refractivity contribution in [2.45, 2.75) is 11.1 Å². The molecule has 0 aliphatic carbocycles. The molecule has 1 saturated heterocycles. The van der Waals surface area contributed by atoms with Gasteiger partial charge in [-0.1, -0.05) is 0 Å². The number of hydrogen-bond acceptors (Lipinski definition) is 6. The Kier molecular flexibility index (Phi) is 4.38. The molecule has 2 heterocycles. The third-order valence-corrected chi connectivity index (χ3v) is 3.01. The maximum Gasteiger partial charge on any atom is 0.130 e. The molecule has 1 aromatic heterocycles. The number of morpholine rings is 1. The van der Waals surface area contributed by atoms with Gasteiger partial charge in [-0.05, 0) is 6.26 Å². The lowest BCUT2D eigenvalue weighted by Gasteiger charge is -2.23. The van der Waals surface area contributed by atoms with Gasteiger partial charge in [0.2, 0.25) is 0 Å². The van der Waals surface area contributed by atoms with Crippen LogP contribution in [0.5, 0.6) is 0 Å². The number of nitrogens with one attached hydrogen (secondary N) is 2. The second-order valence-corrected chi connectivity index (χ2v) is 4.35. The molecule has 2 rings (SSSR count). The van der Waals surface area contributed by atoms with Crippen LogP contribution in [0.3, 0.4) is 0 Å². The van der Waals surface area contributed by atoms with Gasteiger partial charge in [-0.25, -0.2) is 9.97 Å².